The highest BCUT2D eigenvalue weighted by Gasteiger charge is 2.16. The van der Waals surface area contributed by atoms with Gasteiger partial charge in [0.25, 0.3) is 5.56 Å². The van der Waals surface area contributed by atoms with Gasteiger partial charge >= 0.3 is 5.97 Å². The topological polar surface area (TPSA) is 116 Å². The van der Waals surface area contributed by atoms with Crippen LogP contribution in [0.15, 0.2) is 72.0 Å². The molecule has 0 radical (unpaired) electrons. The normalized spacial score (nSPS) is 12.0. The largest absolute Gasteiger partial charge is 0.457 e. The van der Waals surface area contributed by atoms with Gasteiger partial charge in [-0.1, -0.05) is 49.1 Å². The molecule has 10 heteroatoms. The highest BCUT2D eigenvalue weighted by atomic mass is 32.1. The summed E-state index contributed by atoms with van der Waals surface area (Å²) < 4.78 is 6.89. The van der Waals surface area contributed by atoms with E-state index < -0.39 is 5.97 Å². The van der Waals surface area contributed by atoms with Crippen molar-refractivity contribution in [2.75, 3.05) is 37.4 Å². The van der Waals surface area contributed by atoms with Crippen molar-refractivity contribution in [3.05, 3.63) is 92.4 Å². The Kier molecular flexibility index (Phi) is 10.8. The molecule has 3 rings (SSSR count). The van der Waals surface area contributed by atoms with Crippen LogP contribution < -0.4 is 25.4 Å². The number of nitrogens with one attached hydrogen (secondary N) is 2. The number of hydrogen-bond donors (Lipinski definition) is 2. The molecule has 1 amide bonds. The van der Waals surface area contributed by atoms with E-state index in [1.165, 1.54) is 22.4 Å². The summed E-state index contributed by atoms with van der Waals surface area (Å²) >= 11 is 1.02. The molecule has 0 atom stereocenters. The van der Waals surface area contributed by atoms with Crippen LogP contribution in [0.1, 0.15) is 12.5 Å². The molecule has 202 valence electrons. The van der Waals surface area contributed by atoms with Crippen molar-refractivity contribution < 1.29 is 14.3 Å². The molecule has 3 aromatic rings. The smallest absolute Gasteiger partial charge is 0.352 e. The van der Waals surface area contributed by atoms with E-state index in [-0.39, 0.29) is 41.4 Å². The molecule has 0 aliphatic carbocycles. The number of hydrogen-bond acceptors (Lipinski definition) is 8. The number of aromatic nitrogens is 1. The van der Waals surface area contributed by atoms with Crippen LogP contribution in [0.4, 0.5) is 11.4 Å². The van der Waals surface area contributed by atoms with E-state index in [1.54, 1.807) is 31.2 Å². The molecule has 0 saturated carbocycles. The van der Waals surface area contributed by atoms with Crippen molar-refractivity contribution in [1.82, 2.24) is 9.47 Å². The second kappa shape index (κ2) is 14.5. The van der Waals surface area contributed by atoms with Crippen molar-refractivity contribution in [2.24, 2.45) is 0 Å². The first-order valence-electron chi connectivity index (χ1n) is 12.4. The number of ether oxygens (including phenoxy) is 1. The Morgan fingerprint density at radius 2 is 1.92 bits per heavy atom. The van der Waals surface area contributed by atoms with E-state index in [0.717, 1.165) is 24.3 Å². The molecular formula is C29H31N5O4S. The first kappa shape index (κ1) is 29.1. The average molecular weight is 546 g/mol. The first-order valence-corrected chi connectivity index (χ1v) is 13.2. The molecule has 39 heavy (non-hydrogen) atoms. The Balaban J connectivity index is 1.70. The molecule has 0 fully saturated rings. The summed E-state index contributed by atoms with van der Waals surface area (Å²) in [7, 11) is 1.90. The number of rotatable bonds is 12. The number of anilines is 2. The number of carbonyl (C=O) groups excluding carboxylic acids is 2. The molecule has 0 unspecified atom stereocenters. The van der Waals surface area contributed by atoms with Crippen LogP contribution >= 0.6 is 11.3 Å². The summed E-state index contributed by atoms with van der Waals surface area (Å²) in [6.07, 6.45) is 3.77. The number of amides is 1. The molecule has 1 heterocycles. The van der Waals surface area contributed by atoms with Gasteiger partial charge in [-0.25, -0.2) is 4.79 Å². The number of esters is 1. The summed E-state index contributed by atoms with van der Waals surface area (Å²) in [5.74, 6) is -0.946. The number of thiazole rings is 1. The van der Waals surface area contributed by atoms with Crippen LogP contribution in [-0.2, 0) is 27.3 Å². The maximum Gasteiger partial charge on any atom is 0.352 e. The highest BCUT2D eigenvalue weighted by molar-refractivity contribution is 7.07. The monoisotopic (exact) mass is 545 g/mol. The number of benzene rings is 2. The highest BCUT2D eigenvalue weighted by Crippen LogP contribution is 2.15. The lowest BCUT2D eigenvalue weighted by Gasteiger charge is -2.16. The van der Waals surface area contributed by atoms with Gasteiger partial charge in [-0.05, 0) is 44.2 Å². The summed E-state index contributed by atoms with van der Waals surface area (Å²) in [4.78, 5) is 39.7. The molecule has 2 N–H and O–H groups in total. The van der Waals surface area contributed by atoms with Crippen LogP contribution in [-0.4, -0.2) is 48.1 Å². The lowest BCUT2D eigenvalue weighted by molar-refractivity contribution is -0.135. The van der Waals surface area contributed by atoms with Crippen LogP contribution in [0.5, 0.6) is 0 Å². The van der Waals surface area contributed by atoms with E-state index in [2.05, 4.69) is 29.3 Å². The zero-order valence-electron chi connectivity index (χ0n) is 22.0. The van der Waals surface area contributed by atoms with Gasteiger partial charge in [-0.3, -0.25) is 19.1 Å². The van der Waals surface area contributed by atoms with Crippen molar-refractivity contribution in [3.63, 3.8) is 0 Å². The van der Waals surface area contributed by atoms with Crippen molar-refractivity contribution in [1.29, 1.82) is 5.26 Å². The quantitative estimate of drug-likeness (QED) is 0.265. The minimum Gasteiger partial charge on any atom is -0.457 e. The third kappa shape index (κ3) is 8.26. The molecule has 0 aliphatic rings. The minimum atomic E-state index is -0.811. The fraction of sp³-hybridized carbons (Fsp3) is 0.241. The van der Waals surface area contributed by atoms with Crippen LogP contribution in [0.3, 0.4) is 0 Å². The fourth-order valence-electron chi connectivity index (χ4n) is 3.71. The predicted octanol–water partition coefficient (Wildman–Crippen LogP) is 2.30. The molecule has 1 aromatic heterocycles. The van der Waals surface area contributed by atoms with Gasteiger partial charge in [0.2, 0.25) is 5.91 Å². The van der Waals surface area contributed by atoms with Gasteiger partial charge in [-0.2, -0.15) is 5.26 Å². The zero-order valence-corrected chi connectivity index (χ0v) is 22.8. The third-order valence-corrected chi connectivity index (χ3v) is 6.77. The number of carbonyl (C=O) groups is 2. The van der Waals surface area contributed by atoms with Gasteiger partial charge in [-0.15, -0.1) is 11.3 Å². The third-order valence-electron chi connectivity index (χ3n) is 5.64. The Bertz CT molecular complexity index is 1540. The molecule has 0 aliphatic heterocycles. The minimum absolute atomic E-state index is 0.0386. The Hall–Kier alpha value is -4.46. The summed E-state index contributed by atoms with van der Waals surface area (Å²) in [5, 5.41) is 15.5. The molecular weight excluding hydrogens is 514 g/mol. The molecule has 0 saturated heterocycles. The Labute approximate surface area is 231 Å². The number of nitriles is 1. The van der Waals surface area contributed by atoms with E-state index in [4.69, 9.17) is 4.74 Å². The summed E-state index contributed by atoms with van der Waals surface area (Å²) in [6, 6.07) is 19.1. The van der Waals surface area contributed by atoms with Crippen LogP contribution in [0.2, 0.25) is 0 Å². The van der Waals surface area contributed by atoms with Crippen LogP contribution in [0.25, 0.3) is 11.8 Å². The summed E-state index contributed by atoms with van der Waals surface area (Å²) in [5.41, 5.74) is 1.91. The second-order valence-corrected chi connectivity index (χ2v) is 9.62. The molecule has 9 nitrogen and oxygen atoms in total. The number of nitrogens with zero attached hydrogens (tertiary/aromatic N) is 3. The molecule has 0 bridgehead atoms. The van der Waals surface area contributed by atoms with Gasteiger partial charge in [0.15, 0.2) is 5.57 Å². The molecule has 2 aromatic carbocycles. The second-order valence-electron chi connectivity index (χ2n) is 8.59. The average Bonchev–Trinajstić information content (AvgIpc) is 3.25. The van der Waals surface area contributed by atoms with Gasteiger partial charge in [0.1, 0.15) is 21.9 Å². The first-order chi connectivity index (χ1) is 18.9. The summed E-state index contributed by atoms with van der Waals surface area (Å²) in [6.45, 7) is 6.48. The van der Waals surface area contributed by atoms with E-state index >= 15 is 0 Å². The van der Waals surface area contributed by atoms with Crippen molar-refractivity contribution in [3.8, 4) is 6.07 Å². The maximum absolute atomic E-state index is 12.9. The van der Waals surface area contributed by atoms with E-state index in [1.807, 2.05) is 36.2 Å². The lowest BCUT2D eigenvalue weighted by Crippen LogP contribution is -2.32. The fourth-order valence-corrected chi connectivity index (χ4v) is 4.78. The standard InChI is InChI=1S/C29H31N5O4S/c1-4-16-38-29(37)24(18-30)28-34(5-2)27(36)25(39-28)19-31-22-12-9-13-23(17-22)32-26(35)20-33(3)15-14-21-10-7-6-8-11-21/h4,6-13,17,19,31H,1,5,14-16,20H2,2-3H3,(H,32,35)/b25-19+,28-24-. The predicted molar refractivity (Wildman–Crippen MR) is 154 cm³/mol. The van der Waals surface area contributed by atoms with Gasteiger partial charge in [0, 0.05) is 30.7 Å². The maximum atomic E-state index is 12.9. The lowest BCUT2D eigenvalue weighted by atomic mass is 10.1. The van der Waals surface area contributed by atoms with Gasteiger partial charge < -0.3 is 15.4 Å². The van der Waals surface area contributed by atoms with Crippen molar-refractivity contribution >= 4 is 46.4 Å². The van der Waals surface area contributed by atoms with E-state index in [9.17, 15) is 19.6 Å². The van der Waals surface area contributed by atoms with Crippen molar-refractivity contribution in [2.45, 2.75) is 19.9 Å². The zero-order chi connectivity index (χ0) is 28.2. The van der Waals surface area contributed by atoms with Gasteiger partial charge in [0.05, 0.1) is 6.54 Å². The Morgan fingerprint density at radius 3 is 2.62 bits per heavy atom. The SMILES string of the molecule is C=CCOC(=O)/C(C#N)=c1\s/c(=C/Nc2cccc(NC(=O)CN(C)CCc3ccccc3)c2)c(=O)n1CC. The Morgan fingerprint density at radius 1 is 1.18 bits per heavy atom. The van der Waals surface area contributed by atoms with Crippen LogP contribution in [0, 0.1) is 11.3 Å². The van der Waals surface area contributed by atoms with E-state index in [0.29, 0.717) is 15.9 Å². The number of likely N-dealkylation sites (N-methyl/N-ethyl adjacent to an activating group) is 1. The molecule has 0 spiro atoms.